The SMILES string of the molecule is CC(=O)CCC(=O)NCC(O)c1ccc(O)cc1. The molecule has 0 heterocycles. The number of phenols is 1. The molecular weight excluding hydrogens is 234 g/mol. The molecule has 1 rings (SSSR count). The third kappa shape index (κ3) is 4.97. The number of nitrogens with one attached hydrogen (secondary N) is 1. The second kappa shape index (κ2) is 6.76. The Morgan fingerprint density at radius 3 is 2.39 bits per heavy atom. The topological polar surface area (TPSA) is 86.6 Å². The molecule has 5 heteroatoms. The number of phenolic OH excluding ortho intramolecular Hbond substituents is 1. The molecule has 0 aromatic heterocycles. The molecule has 18 heavy (non-hydrogen) atoms. The highest BCUT2D eigenvalue weighted by molar-refractivity contribution is 5.83. The summed E-state index contributed by atoms with van der Waals surface area (Å²) in [4.78, 5) is 22.0. The highest BCUT2D eigenvalue weighted by Crippen LogP contribution is 2.15. The Kier molecular flexibility index (Phi) is 5.32. The molecular formula is C13H17NO4. The van der Waals surface area contributed by atoms with E-state index in [4.69, 9.17) is 5.11 Å². The highest BCUT2D eigenvalue weighted by atomic mass is 16.3. The van der Waals surface area contributed by atoms with Crippen molar-refractivity contribution in [3.8, 4) is 5.75 Å². The van der Waals surface area contributed by atoms with Crippen molar-refractivity contribution in [3.63, 3.8) is 0 Å². The fourth-order valence-electron chi connectivity index (χ4n) is 1.40. The Morgan fingerprint density at radius 2 is 1.83 bits per heavy atom. The van der Waals surface area contributed by atoms with Crippen LogP contribution < -0.4 is 5.32 Å². The molecule has 5 nitrogen and oxygen atoms in total. The van der Waals surface area contributed by atoms with E-state index in [1.54, 1.807) is 12.1 Å². The van der Waals surface area contributed by atoms with Crippen molar-refractivity contribution in [3.05, 3.63) is 29.8 Å². The van der Waals surface area contributed by atoms with Gasteiger partial charge in [0.2, 0.25) is 5.91 Å². The first-order chi connectivity index (χ1) is 8.49. The minimum absolute atomic E-state index is 0.0377. The van der Waals surface area contributed by atoms with E-state index in [1.807, 2.05) is 0 Å². The van der Waals surface area contributed by atoms with E-state index in [2.05, 4.69) is 5.32 Å². The van der Waals surface area contributed by atoms with E-state index in [1.165, 1.54) is 19.1 Å². The lowest BCUT2D eigenvalue weighted by atomic mass is 10.1. The van der Waals surface area contributed by atoms with Gasteiger partial charge >= 0.3 is 0 Å². The summed E-state index contributed by atoms with van der Waals surface area (Å²) in [5, 5.41) is 21.4. The van der Waals surface area contributed by atoms with Crippen LogP contribution in [0.4, 0.5) is 0 Å². The summed E-state index contributed by atoms with van der Waals surface area (Å²) in [7, 11) is 0. The van der Waals surface area contributed by atoms with Gasteiger partial charge in [-0.1, -0.05) is 12.1 Å². The largest absolute Gasteiger partial charge is 0.508 e. The average molecular weight is 251 g/mol. The maximum Gasteiger partial charge on any atom is 0.220 e. The molecule has 1 atom stereocenters. The molecule has 0 saturated carbocycles. The molecule has 0 aliphatic carbocycles. The molecule has 0 spiro atoms. The number of benzene rings is 1. The quantitative estimate of drug-likeness (QED) is 0.701. The molecule has 0 aliphatic rings. The van der Waals surface area contributed by atoms with E-state index in [0.717, 1.165) is 0 Å². The molecule has 0 radical (unpaired) electrons. The van der Waals surface area contributed by atoms with E-state index < -0.39 is 6.10 Å². The van der Waals surface area contributed by atoms with Crippen LogP contribution in [0.5, 0.6) is 5.75 Å². The smallest absolute Gasteiger partial charge is 0.220 e. The zero-order valence-corrected chi connectivity index (χ0v) is 10.2. The number of rotatable bonds is 6. The minimum atomic E-state index is -0.827. The van der Waals surface area contributed by atoms with Crippen molar-refractivity contribution in [2.75, 3.05) is 6.54 Å². The third-order valence-electron chi connectivity index (χ3n) is 2.47. The predicted octanol–water partition coefficient (Wildman–Crippen LogP) is 0.911. The van der Waals surface area contributed by atoms with Gasteiger partial charge in [0.25, 0.3) is 0 Å². The fourth-order valence-corrected chi connectivity index (χ4v) is 1.40. The number of aliphatic hydroxyl groups excluding tert-OH is 1. The van der Waals surface area contributed by atoms with E-state index >= 15 is 0 Å². The molecule has 1 amide bonds. The Balaban J connectivity index is 2.36. The van der Waals surface area contributed by atoms with Crippen LogP contribution in [0.1, 0.15) is 31.4 Å². The lowest BCUT2D eigenvalue weighted by Gasteiger charge is -2.12. The van der Waals surface area contributed by atoms with Crippen molar-refractivity contribution in [1.82, 2.24) is 5.32 Å². The number of carbonyl (C=O) groups excluding carboxylic acids is 2. The fraction of sp³-hybridized carbons (Fsp3) is 0.385. The number of carbonyl (C=O) groups is 2. The number of ketones is 1. The van der Waals surface area contributed by atoms with Crippen LogP contribution in [0.3, 0.4) is 0 Å². The van der Waals surface area contributed by atoms with Crippen LogP contribution in [0.15, 0.2) is 24.3 Å². The molecule has 98 valence electrons. The highest BCUT2D eigenvalue weighted by Gasteiger charge is 2.09. The normalized spacial score (nSPS) is 11.9. The van der Waals surface area contributed by atoms with E-state index in [0.29, 0.717) is 5.56 Å². The molecule has 0 fully saturated rings. The van der Waals surface area contributed by atoms with Gasteiger partial charge in [0.05, 0.1) is 6.10 Å². The lowest BCUT2D eigenvalue weighted by molar-refractivity contribution is -0.124. The Morgan fingerprint density at radius 1 is 1.22 bits per heavy atom. The van der Waals surface area contributed by atoms with Crippen LogP contribution in [0, 0.1) is 0 Å². The zero-order chi connectivity index (χ0) is 13.5. The summed E-state index contributed by atoms with van der Waals surface area (Å²) < 4.78 is 0. The maximum atomic E-state index is 11.3. The summed E-state index contributed by atoms with van der Waals surface area (Å²) in [6.45, 7) is 1.51. The van der Waals surface area contributed by atoms with Gasteiger partial charge in [-0.2, -0.15) is 0 Å². The molecule has 1 unspecified atom stereocenters. The van der Waals surface area contributed by atoms with Crippen molar-refractivity contribution >= 4 is 11.7 Å². The number of hydrogen-bond donors (Lipinski definition) is 3. The Labute approximate surface area is 105 Å². The zero-order valence-electron chi connectivity index (χ0n) is 10.2. The van der Waals surface area contributed by atoms with Gasteiger partial charge in [0.15, 0.2) is 0 Å². The second-order valence-electron chi connectivity index (χ2n) is 4.11. The number of amides is 1. The third-order valence-corrected chi connectivity index (χ3v) is 2.47. The van der Waals surface area contributed by atoms with E-state index in [-0.39, 0.29) is 36.8 Å². The van der Waals surface area contributed by atoms with Crippen LogP contribution in [-0.4, -0.2) is 28.4 Å². The van der Waals surface area contributed by atoms with Gasteiger partial charge in [-0.25, -0.2) is 0 Å². The number of Topliss-reactive ketones (excluding diaryl/α,β-unsaturated/α-hetero) is 1. The van der Waals surface area contributed by atoms with Gasteiger partial charge in [0, 0.05) is 19.4 Å². The summed E-state index contributed by atoms with van der Waals surface area (Å²) in [5.41, 5.74) is 0.611. The summed E-state index contributed by atoms with van der Waals surface area (Å²) in [6.07, 6.45) is -0.481. The number of aliphatic hydroxyl groups is 1. The van der Waals surface area contributed by atoms with Crippen molar-refractivity contribution in [2.24, 2.45) is 0 Å². The summed E-state index contributed by atoms with van der Waals surface area (Å²) in [5.74, 6) is -0.177. The van der Waals surface area contributed by atoms with Crippen molar-refractivity contribution < 1.29 is 19.8 Å². The van der Waals surface area contributed by atoms with Crippen LogP contribution in [0.25, 0.3) is 0 Å². The van der Waals surface area contributed by atoms with Crippen molar-refractivity contribution in [2.45, 2.75) is 25.9 Å². The first kappa shape index (κ1) is 14.2. The maximum absolute atomic E-state index is 11.3. The Bertz CT molecular complexity index is 414. The predicted molar refractivity (Wildman–Crippen MR) is 66.0 cm³/mol. The lowest BCUT2D eigenvalue weighted by Crippen LogP contribution is -2.28. The number of hydrogen-bond acceptors (Lipinski definition) is 4. The van der Waals surface area contributed by atoms with Gasteiger partial charge in [-0.3, -0.25) is 4.79 Å². The molecule has 0 aliphatic heterocycles. The van der Waals surface area contributed by atoms with Crippen LogP contribution in [0.2, 0.25) is 0 Å². The monoisotopic (exact) mass is 251 g/mol. The van der Waals surface area contributed by atoms with Gasteiger partial charge in [-0.05, 0) is 24.6 Å². The summed E-state index contributed by atoms with van der Waals surface area (Å²) in [6, 6.07) is 6.11. The Hall–Kier alpha value is -1.88. The minimum Gasteiger partial charge on any atom is -0.508 e. The molecule has 1 aromatic carbocycles. The average Bonchev–Trinajstić information content (AvgIpc) is 2.34. The van der Waals surface area contributed by atoms with Gasteiger partial charge in [-0.15, -0.1) is 0 Å². The summed E-state index contributed by atoms with van der Waals surface area (Å²) >= 11 is 0. The van der Waals surface area contributed by atoms with E-state index in [9.17, 15) is 14.7 Å². The second-order valence-corrected chi connectivity index (χ2v) is 4.11. The number of aromatic hydroxyl groups is 1. The van der Waals surface area contributed by atoms with Crippen LogP contribution in [-0.2, 0) is 9.59 Å². The molecule has 0 bridgehead atoms. The first-order valence-electron chi connectivity index (χ1n) is 5.72. The van der Waals surface area contributed by atoms with Crippen LogP contribution >= 0.6 is 0 Å². The molecule has 0 saturated heterocycles. The van der Waals surface area contributed by atoms with Crippen molar-refractivity contribution in [1.29, 1.82) is 0 Å². The van der Waals surface area contributed by atoms with Gasteiger partial charge < -0.3 is 20.3 Å². The van der Waals surface area contributed by atoms with Gasteiger partial charge in [0.1, 0.15) is 11.5 Å². The molecule has 3 N–H and O–H groups in total. The standard InChI is InChI=1S/C13H17NO4/c1-9(15)2-7-13(18)14-8-12(17)10-3-5-11(16)6-4-10/h3-6,12,16-17H,2,7-8H2,1H3,(H,14,18). The molecule has 1 aromatic rings. The first-order valence-corrected chi connectivity index (χ1v) is 5.72.